The highest BCUT2D eigenvalue weighted by Gasteiger charge is 2.32. The van der Waals surface area contributed by atoms with E-state index in [9.17, 15) is 10.1 Å². The number of nitrogens with one attached hydrogen (secondary N) is 1. The fraction of sp³-hybridized carbons (Fsp3) is 0.636. The summed E-state index contributed by atoms with van der Waals surface area (Å²) in [6.45, 7) is 0.865. The fourth-order valence-electron chi connectivity index (χ4n) is 1.68. The molecule has 0 amide bonds. The van der Waals surface area contributed by atoms with Crippen molar-refractivity contribution in [2.45, 2.75) is 18.8 Å². The topological polar surface area (TPSA) is 99.4 Å². The van der Waals surface area contributed by atoms with E-state index >= 15 is 0 Å². The Kier molecular flexibility index (Phi) is 4.10. The number of hydrogen-bond acceptors (Lipinski definition) is 7. The van der Waals surface area contributed by atoms with Crippen LogP contribution in [0.5, 0.6) is 5.88 Å². The van der Waals surface area contributed by atoms with Crippen LogP contribution >= 0.6 is 0 Å². The average molecular weight is 268 g/mol. The van der Waals surface area contributed by atoms with Gasteiger partial charge < -0.3 is 14.8 Å². The minimum Gasteiger partial charge on any atom is -0.476 e. The highest BCUT2D eigenvalue weighted by Crippen LogP contribution is 2.41. The van der Waals surface area contributed by atoms with Crippen molar-refractivity contribution >= 4 is 11.5 Å². The van der Waals surface area contributed by atoms with E-state index in [-0.39, 0.29) is 23.3 Å². The van der Waals surface area contributed by atoms with Gasteiger partial charge in [-0.15, -0.1) is 0 Å². The molecule has 1 heterocycles. The third-order valence-corrected chi connectivity index (χ3v) is 2.79. The zero-order valence-corrected chi connectivity index (χ0v) is 10.9. The Bertz CT molecular complexity index is 476. The second kappa shape index (κ2) is 5.79. The zero-order chi connectivity index (χ0) is 13.8. The highest BCUT2D eigenvalue weighted by atomic mass is 16.6. The highest BCUT2D eigenvalue weighted by molar-refractivity contribution is 5.62. The van der Waals surface area contributed by atoms with Crippen LogP contribution in [0.15, 0.2) is 0 Å². The molecular formula is C11H16N4O4. The maximum Gasteiger partial charge on any atom is 0.372 e. The van der Waals surface area contributed by atoms with Crippen LogP contribution in [0.3, 0.4) is 0 Å². The van der Waals surface area contributed by atoms with Crippen LogP contribution in [-0.4, -0.2) is 42.3 Å². The van der Waals surface area contributed by atoms with Gasteiger partial charge in [0.15, 0.2) is 0 Å². The van der Waals surface area contributed by atoms with Gasteiger partial charge in [-0.25, -0.2) is 4.98 Å². The average Bonchev–Trinajstić information content (AvgIpc) is 3.22. The van der Waals surface area contributed by atoms with Crippen molar-refractivity contribution in [3.05, 3.63) is 15.9 Å². The fourth-order valence-corrected chi connectivity index (χ4v) is 1.68. The molecule has 19 heavy (non-hydrogen) atoms. The van der Waals surface area contributed by atoms with Gasteiger partial charge in [0.05, 0.1) is 18.6 Å². The van der Waals surface area contributed by atoms with Crippen LogP contribution < -0.4 is 10.1 Å². The lowest BCUT2D eigenvalue weighted by molar-refractivity contribution is -0.385. The van der Waals surface area contributed by atoms with Crippen molar-refractivity contribution in [3.8, 4) is 5.88 Å². The predicted molar refractivity (Wildman–Crippen MR) is 67.6 cm³/mol. The van der Waals surface area contributed by atoms with Crippen LogP contribution in [-0.2, 0) is 4.74 Å². The molecule has 1 N–H and O–H groups in total. The summed E-state index contributed by atoms with van der Waals surface area (Å²) >= 11 is 0. The first-order valence-electron chi connectivity index (χ1n) is 6.00. The smallest absolute Gasteiger partial charge is 0.372 e. The van der Waals surface area contributed by atoms with Gasteiger partial charge in [-0.1, -0.05) is 0 Å². The Hall–Kier alpha value is -1.96. The van der Waals surface area contributed by atoms with E-state index in [1.807, 2.05) is 0 Å². The molecule has 1 aromatic rings. The van der Waals surface area contributed by atoms with E-state index in [2.05, 4.69) is 15.3 Å². The van der Waals surface area contributed by atoms with E-state index in [0.717, 1.165) is 12.8 Å². The molecule has 1 fully saturated rings. The third kappa shape index (κ3) is 3.08. The first kappa shape index (κ1) is 13.5. The molecule has 8 heteroatoms. The van der Waals surface area contributed by atoms with Crippen LogP contribution in [0.2, 0.25) is 0 Å². The quantitative estimate of drug-likeness (QED) is 0.452. The Morgan fingerprint density at radius 2 is 2.16 bits per heavy atom. The van der Waals surface area contributed by atoms with E-state index in [1.165, 1.54) is 7.11 Å². The van der Waals surface area contributed by atoms with Crippen molar-refractivity contribution in [2.24, 2.45) is 0 Å². The minimum absolute atomic E-state index is 0.00168. The Labute approximate surface area is 110 Å². The number of ether oxygens (including phenoxy) is 2. The number of rotatable bonds is 7. The van der Waals surface area contributed by atoms with Gasteiger partial charge in [-0.05, 0) is 12.8 Å². The largest absolute Gasteiger partial charge is 0.476 e. The maximum atomic E-state index is 11.1. The van der Waals surface area contributed by atoms with Gasteiger partial charge >= 0.3 is 5.69 Å². The van der Waals surface area contributed by atoms with E-state index in [4.69, 9.17) is 9.47 Å². The summed E-state index contributed by atoms with van der Waals surface area (Å²) in [4.78, 5) is 18.9. The number of aromatic nitrogens is 2. The first-order valence-corrected chi connectivity index (χ1v) is 6.00. The van der Waals surface area contributed by atoms with Gasteiger partial charge in [-0.3, -0.25) is 10.1 Å². The maximum absolute atomic E-state index is 11.1. The molecule has 0 aromatic carbocycles. The third-order valence-electron chi connectivity index (χ3n) is 2.79. The van der Waals surface area contributed by atoms with Crippen molar-refractivity contribution < 1.29 is 14.4 Å². The van der Waals surface area contributed by atoms with Crippen molar-refractivity contribution in [2.75, 3.05) is 32.7 Å². The van der Waals surface area contributed by atoms with E-state index < -0.39 is 4.92 Å². The standard InChI is InChI=1S/C11H16N4O4/c1-18-6-5-12-10-8(15(16)17)11(19-2)14-9(13-10)7-3-4-7/h7H,3-6H2,1-2H3,(H,12,13,14). The molecule has 2 rings (SSSR count). The number of nitrogens with zero attached hydrogens (tertiary/aromatic N) is 3. The van der Waals surface area contributed by atoms with Gasteiger partial charge in [0, 0.05) is 19.6 Å². The summed E-state index contributed by atoms with van der Waals surface area (Å²) in [5.74, 6) is 1.08. The monoisotopic (exact) mass is 268 g/mol. The molecule has 1 saturated carbocycles. The molecule has 0 unspecified atom stereocenters. The molecule has 0 aliphatic heterocycles. The summed E-state index contributed by atoms with van der Waals surface area (Å²) < 4.78 is 9.91. The van der Waals surface area contributed by atoms with Crippen molar-refractivity contribution in [3.63, 3.8) is 0 Å². The number of anilines is 1. The van der Waals surface area contributed by atoms with Crippen molar-refractivity contribution in [1.29, 1.82) is 0 Å². The van der Waals surface area contributed by atoms with Crippen LogP contribution in [0, 0.1) is 10.1 Å². The molecule has 104 valence electrons. The second-order valence-corrected chi connectivity index (χ2v) is 4.24. The molecule has 1 aliphatic carbocycles. The molecule has 0 saturated heterocycles. The SMILES string of the molecule is COCCNc1nc(C2CC2)nc(OC)c1[N+](=O)[O-]. The van der Waals surface area contributed by atoms with Gasteiger partial charge in [0.2, 0.25) is 5.82 Å². The molecule has 0 bridgehead atoms. The van der Waals surface area contributed by atoms with Crippen LogP contribution in [0.1, 0.15) is 24.6 Å². The van der Waals surface area contributed by atoms with Crippen molar-refractivity contribution in [1.82, 2.24) is 9.97 Å². The molecule has 1 aromatic heterocycles. The lowest BCUT2D eigenvalue weighted by atomic mass is 10.3. The first-order chi connectivity index (χ1) is 9.17. The Morgan fingerprint density at radius 3 is 2.68 bits per heavy atom. The molecule has 0 spiro atoms. The Morgan fingerprint density at radius 1 is 1.42 bits per heavy atom. The van der Waals surface area contributed by atoms with E-state index in [0.29, 0.717) is 19.0 Å². The number of methoxy groups -OCH3 is 2. The Balaban J connectivity index is 2.34. The normalized spacial score (nSPS) is 14.2. The molecule has 8 nitrogen and oxygen atoms in total. The lowest BCUT2D eigenvalue weighted by Crippen LogP contribution is -2.13. The van der Waals surface area contributed by atoms with Gasteiger partial charge in [0.1, 0.15) is 5.82 Å². The number of hydrogen-bond donors (Lipinski definition) is 1. The zero-order valence-electron chi connectivity index (χ0n) is 10.9. The second-order valence-electron chi connectivity index (χ2n) is 4.24. The van der Waals surface area contributed by atoms with Crippen LogP contribution in [0.4, 0.5) is 11.5 Å². The minimum atomic E-state index is -0.537. The molecule has 0 radical (unpaired) electrons. The predicted octanol–water partition coefficient (Wildman–Crippen LogP) is 1.33. The molecule has 0 atom stereocenters. The lowest BCUT2D eigenvalue weighted by Gasteiger charge is -2.09. The number of nitro groups is 1. The van der Waals surface area contributed by atoms with E-state index in [1.54, 1.807) is 7.11 Å². The summed E-state index contributed by atoms with van der Waals surface area (Å²) in [6.07, 6.45) is 2.02. The van der Waals surface area contributed by atoms with Crippen LogP contribution in [0.25, 0.3) is 0 Å². The summed E-state index contributed by atoms with van der Waals surface area (Å²) in [7, 11) is 2.93. The summed E-state index contributed by atoms with van der Waals surface area (Å²) in [5.41, 5.74) is -0.233. The van der Waals surface area contributed by atoms with Gasteiger partial charge in [-0.2, -0.15) is 4.98 Å². The summed E-state index contributed by atoms with van der Waals surface area (Å²) in [6, 6.07) is 0. The summed E-state index contributed by atoms with van der Waals surface area (Å²) in [5, 5.41) is 14.0. The molecular weight excluding hydrogens is 252 g/mol. The molecule has 1 aliphatic rings. The van der Waals surface area contributed by atoms with Gasteiger partial charge in [0.25, 0.3) is 5.88 Å².